The van der Waals surface area contributed by atoms with Crippen molar-refractivity contribution in [1.82, 2.24) is 16.2 Å². The zero-order valence-electron chi connectivity index (χ0n) is 17.1. The van der Waals surface area contributed by atoms with E-state index in [1.165, 1.54) is 0 Å². The topological polar surface area (TPSA) is 87.3 Å². The highest BCUT2D eigenvalue weighted by atomic mass is 16.2. The number of benzene rings is 3. The highest BCUT2D eigenvalue weighted by Crippen LogP contribution is 2.24. The molecule has 6 heteroatoms. The van der Waals surface area contributed by atoms with Crippen LogP contribution in [0.4, 0.5) is 0 Å². The maximum absolute atomic E-state index is 13.0. The summed E-state index contributed by atoms with van der Waals surface area (Å²) in [6, 6.07) is 21.0. The van der Waals surface area contributed by atoms with Crippen molar-refractivity contribution in [3.8, 4) is 12.3 Å². The van der Waals surface area contributed by atoms with Crippen LogP contribution in [0.25, 0.3) is 10.8 Å². The second kappa shape index (κ2) is 10.1. The quantitative estimate of drug-likeness (QED) is 0.429. The molecule has 3 aromatic rings. The van der Waals surface area contributed by atoms with Gasteiger partial charge in [-0.05, 0) is 47.2 Å². The van der Waals surface area contributed by atoms with E-state index in [1.54, 1.807) is 12.1 Å². The number of terminal acetylenes is 1. The average Bonchev–Trinajstić information content (AvgIpc) is 2.80. The molecule has 6 nitrogen and oxygen atoms in total. The van der Waals surface area contributed by atoms with Crippen molar-refractivity contribution in [2.75, 3.05) is 0 Å². The van der Waals surface area contributed by atoms with Crippen LogP contribution in [0.15, 0.2) is 66.7 Å². The van der Waals surface area contributed by atoms with Crippen LogP contribution in [0, 0.1) is 12.3 Å². The maximum atomic E-state index is 13.0. The lowest BCUT2D eigenvalue weighted by Crippen LogP contribution is -2.41. The number of carbonyl (C=O) groups is 3. The standard InChI is InChI=1S/C25H23N3O3/c1-3-23(29)27-28-24(30)16-15-19-10-5-7-13-22(19)25(31)26-17(2)20-14-8-11-18-9-4-6-12-21(18)20/h1,4-14,17H,15-16H2,2H3,(H,26,31)(H,27,29)(H,28,30). The molecule has 0 aliphatic carbocycles. The van der Waals surface area contributed by atoms with E-state index in [0.717, 1.165) is 21.9 Å². The molecule has 0 spiro atoms. The Bertz CT molecular complexity index is 1160. The van der Waals surface area contributed by atoms with Gasteiger partial charge in [-0.3, -0.25) is 25.2 Å². The van der Waals surface area contributed by atoms with Gasteiger partial charge in [0.2, 0.25) is 5.91 Å². The molecule has 0 saturated heterocycles. The van der Waals surface area contributed by atoms with Crippen LogP contribution in [0.1, 0.15) is 40.9 Å². The van der Waals surface area contributed by atoms with Gasteiger partial charge in [0.1, 0.15) is 0 Å². The molecule has 1 unspecified atom stereocenters. The molecule has 3 N–H and O–H groups in total. The summed E-state index contributed by atoms with van der Waals surface area (Å²) in [7, 11) is 0. The van der Waals surface area contributed by atoms with E-state index < -0.39 is 11.8 Å². The Morgan fingerprint density at radius 1 is 0.935 bits per heavy atom. The summed E-state index contributed by atoms with van der Waals surface area (Å²) in [5, 5.41) is 5.27. The average molecular weight is 413 g/mol. The largest absolute Gasteiger partial charge is 0.345 e. The molecule has 31 heavy (non-hydrogen) atoms. The van der Waals surface area contributed by atoms with Gasteiger partial charge in [0.15, 0.2) is 0 Å². The highest BCUT2D eigenvalue weighted by molar-refractivity contribution is 5.97. The molecule has 0 aliphatic heterocycles. The molecule has 3 amide bonds. The molecular weight excluding hydrogens is 390 g/mol. The summed E-state index contributed by atoms with van der Waals surface area (Å²) in [6.07, 6.45) is 5.36. The van der Waals surface area contributed by atoms with E-state index in [2.05, 4.69) is 16.2 Å². The van der Waals surface area contributed by atoms with Gasteiger partial charge in [-0.1, -0.05) is 60.7 Å². The summed E-state index contributed by atoms with van der Waals surface area (Å²) in [6.45, 7) is 1.95. The molecule has 0 fully saturated rings. The first kappa shape index (κ1) is 21.6. The molecular formula is C25H23N3O3. The number of carbonyl (C=O) groups excluding carboxylic acids is 3. The Labute approximate surface area is 181 Å². The van der Waals surface area contributed by atoms with Crippen LogP contribution < -0.4 is 16.2 Å². The molecule has 1 atom stereocenters. The monoisotopic (exact) mass is 413 g/mol. The van der Waals surface area contributed by atoms with E-state index >= 15 is 0 Å². The normalized spacial score (nSPS) is 11.2. The van der Waals surface area contributed by atoms with Gasteiger partial charge in [0.25, 0.3) is 5.91 Å². The zero-order valence-corrected chi connectivity index (χ0v) is 17.1. The van der Waals surface area contributed by atoms with Crippen LogP contribution in [0.3, 0.4) is 0 Å². The summed E-state index contributed by atoms with van der Waals surface area (Å²) in [5.41, 5.74) is 6.64. The third-order valence-corrected chi connectivity index (χ3v) is 4.97. The first-order valence-electron chi connectivity index (χ1n) is 9.91. The third-order valence-electron chi connectivity index (χ3n) is 4.97. The number of rotatable bonds is 6. The van der Waals surface area contributed by atoms with Crippen LogP contribution in [-0.4, -0.2) is 17.7 Å². The number of hydrogen-bond donors (Lipinski definition) is 3. The van der Waals surface area contributed by atoms with Crippen molar-refractivity contribution in [1.29, 1.82) is 0 Å². The first-order valence-corrected chi connectivity index (χ1v) is 9.91. The van der Waals surface area contributed by atoms with E-state index in [4.69, 9.17) is 6.42 Å². The Hall–Kier alpha value is -4.11. The summed E-state index contributed by atoms with van der Waals surface area (Å²) in [4.78, 5) is 35.9. The van der Waals surface area contributed by atoms with Crippen molar-refractivity contribution in [3.63, 3.8) is 0 Å². The van der Waals surface area contributed by atoms with E-state index in [1.807, 2.05) is 67.4 Å². The molecule has 0 aromatic heterocycles. The molecule has 0 heterocycles. The van der Waals surface area contributed by atoms with Crippen LogP contribution >= 0.6 is 0 Å². The Balaban J connectivity index is 1.69. The molecule has 0 saturated carbocycles. The molecule has 3 rings (SSSR count). The molecule has 0 bridgehead atoms. The second-order valence-corrected chi connectivity index (χ2v) is 7.07. The lowest BCUT2D eigenvalue weighted by atomic mass is 9.98. The zero-order chi connectivity index (χ0) is 22.2. The Morgan fingerprint density at radius 3 is 2.45 bits per heavy atom. The van der Waals surface area contributed by atoms with Gasteiger partial charge in [0.05, 0.1) is 6.04 Å². The SMILES string of the molecule is C#CC(=O)NNC(=O)CCc1ccccc1C(=O)NC(C)c1cccc2ccccc12. The van der Waals surface area contributed by atoms with E-state index in [-0.39, 0.29) is 18.4 Å². The number of fused-ring (bicyclic) bond motifs is 1. The van der Waals surface area contributed by atoms with Crippen molar-refractivity contribution >= 4 is 28.5 Å². The van der Waals surface area contributed by atoms with E-state index in [0.29, 0.717) is 12.0 Å². The molecule has 156 valence electrons. The van der Waals surface area contributed by atoms with E-state index in [9.17, 15) is 14.4 Å². The van der Waals surface area contributed by atoms with Gasteiger partial charge >= 0.3 is 5.91 Å². The summed E-state index contributed by atoms with van der Waals surface area (Å²) < 4.78 is 0. The summed E-state index contributed by atoms with van der Waals surface area (Å²) in [5.74, 6) is 0.506. The van der Waals surface area contributed by atoms with Gasteiger partial charge in [-0.2, -0.15) is 0 Å². The van der Waals surface area contributed by atoms with Crippen molar-refractivity contribution in [3.05, 3.63) is 83.4 Å². The third kappa shape index (κ3) is 5.49. The van der Waals surface area contributed by atoms with Crippen molar-refractivity contribution < 1.29 is 14.4 Å². The minimum Gasteiger partial charge on any atom is -0.345 e. The maximum Gasteiger partial charge on any atom is 0.314 e. The predicted octanol–water partition coefficient (Wildman–Crippen LogP) is 3.04. The fourth-order valence-electron chi connectivity index (χ4n) is 3.41. The predicted molar refractivity (Wildman–Crippen MR) is 120 cm³/mol. The number of aryl methyl sites for hydroxylation is 1. The first-order chi connectivity index (χ1) is 15.0. The smallest absolute Gasteiger partial charge is 0.314 e. The minimum atomic E-state index is -0.726. The van der Waals surface area contributed by atoms with Gasteiger partial charge in [-0.15, -0.1) is 6.42 Å². The minimum absolute atomic E-state index is 0.0913. The number of hydrazine groups is 1. The molecule has 0 aliphatic rings. The van der Waals surface area contributed by atoms with Gasteiger partial charge < -0.3 is 5.32 Å². The summed E-state index contributed by atoms with van der Waals surface area (Å²) >= 11 is 0. The van der Waals surface area contributed by atoms with Crippen LogP contribution in [-0.2, 0) is 16.0 Å². The fourth-order valence-corrected chi connectivity index (χ4v) is 3.41. The lowest BCUT2D eigenvalue weighted by Gasteiger charge is -2.18. The number of amides is 3. The Kier molecular flexibility index (Phi) is 7.02. The molecule has 3 aromatic carbocycles. The van der Waals surface area contributed by atoms with Gasteiger partial charge in [0, 0.05) is 12.0 Å². The van der Waals surface area contributed by atoms with Crippen molar-refractivity contribution in [2.45, 2.75) is 25.8 Å². The Morgan fingerprint density at radius 2 is 1.65 bits per heavy atom. The number of hydrogen-bond acceptors (Lipinski definition) is 3. The van der Waals surface area contributed by atoms with Crippen LogP contribution in [0.2, 0.25) is 0 Å². The highest BCUT2D eigenvalue weighted by Gasteiger charge is 2.16. The fraction of sp³-hybridized carbons (Fsp3) is 0.160. The number of nitrogens with one attached hydrogen (secondary N) is 3. The van der Waals surface area contributed by atoms with Crippen molar-refractivity contribution in [2.24, 2.45) is 0 Å². The molecule has 0 radical (unpaired) electrons. The van der Waals surface area contributed by atoms with Crippen LogP contribution in [0.5, 0.6) is 0 Å². The lowest BCUT2D eigenvalue weighted by molar-refractivity contribution is -0.126. The second-order valence-electron chi connectivity index (χ2n) is 7.07. The van der Waals surface area contributed by atoms with Gasteiger partial charge in [-0.25, -0.2) is 0 Å².